The quantitative estimate of drug-likeness (QED) is 0.684. The van der Waals surface area contributed by atoms with Crippen molar-refractivity contribution < 1.29 is 27.8 Å². The molecule has 3 N–H and O–H groups in total. The van der Waals surface area contributed by atoms with E-state index < -0.39 is 31.0 Å². The molecule has 1 rings (SSSR count). The standard InChI is InChI=1S/C15H21F3N2O3/c1-9(5-10(2)21)7-19-15(22)20-12-4-3-11(16)6-13(12)23-8-14(17)18/h3-4,6,9-10,14,21H,5,7-8H2,1-2H3,(H2,19,20,22). The summed E-state index contributed by atoms with van der Waals surface area (Å²) in [4.78, 5) is 11.8. The first-order valence-corrected chi connectivity index (χ1v) is 7.21. The van der Waals surface area contributed by atoms with Crippen molar-refractivity contribution in [1.82, 2.24) is 5.32 Å². The van der Waals surface area contributed by atoms with Crippen molar-refractivity contribution in [2.75, 3.05) is 18.5 Å². The van der Waals surface area contributed by atoms with Crippen LogP contribution >= 0.6 is 0 Å². The number of rotatable bonds is 8. The minimum Gasteiger partial charge on any atom is -0.485 e. The van der Waals surface area contributed by atoms with Gasteiger partial charge in [0.1, 0.15) is 18.2 Å². The molecule has 0 spiro atoms. The maximum Gasteiger partial charge on any atom is 0.319 e. The van der Waals surface area contributed by atoms with E-state index in [-0.39, 0.29) is 17.4 Å². The molecular weight excluding hydrogens is 313 g/mol. The van der Waals surface area contributed by atoms with Gasteiger partial charge in [-0.3, -0.25) is 0 Å². The lowest BCUT2D eigenvalue weighted by Gasteiger charge is -2.16. The van der Waals surface area contributed by atoms with Crippen molar-refractivity contribution in [1.29, 1.82) is 0 Å². The van der Waals surface area contributed by atoms with E-state index in [2.05, 4.69) is 10.6 Å². The predicted octanol–water partition coefficient (Wildman–Crippen LogP) is 3.00. The average Bonchev–Trinajstić information content (AvgIpc) is 2.44. The highest BCUT2D eigenvalue weighted by Gasteiger charge is 2.13. The number of hydrogen-bond acceptors (Lipinski definition) is 3. The van der Waals surface area contributed by atoms with Gasteiger partial charge in [-0.2, -0.15) is 0 Å². The number of carbonyl (C=O) groups excluding carboxylic acids is 1. The Kier molecular flexibility index (Phi) is 7.67. The van der Waals surface area contributed by atoms with E-state index in [1.54, 1.807) is 6.92 Å². The van der Waals surface area contributed by atoms with Gasteiger partial charge in [0.05, 0.1) is 11.8 Å². The Morgan fingerprint density at radius 3 is 2.65 bits per heavy atom. The number of nitrogens with one attached hydrogen (secondary N) is 2. The van der Waals surface area contributed by atoms with Gasteiger partial charge in [0.2, 0.25) is 0 Å². The molecule has 0 aliphatic heterocycles. The predicted molar refractivity (Wildman–Crippen MR) is 80.4 cm³/mol. The molecule has 23 heavy (non-hydrogen) atoms. The molecule has 2 unspecified atom stereocenters. The molecule has 1 aromatic rings. The van der Waals surface area contributed by atoms with Crippen LogP contribution in [0.3, 0.4) is 0 Å². The van der Waals surface area contributed by atoms with Gasteiger partial charge >= 0.3 is 6.03 Å². The van der Waals surface area contributed by atoms with Crippen molar-refractivity contribution >= 4 is 11.7 Å². The summed E-state index contributed by atoms with van der Waals surface area (Å²) < 4.78 is 42.3. The second kappa shape index (κ2) is 9.24. The van der Waals surface area contributed by atoms with Crippen molar-refractivity contribution in [2.45, 2.75) is 32.8 Å². The molecule has 0 bridgehead atoms. The Balaban J connectivity index is 2.59. The van der Waals surface area contributed by atoms with Crippen molar-refractivity contribution in [3.8, 4) is 5.75 Å². The molecule has 2 amide bonds. The number of carbonyl (C=O) groups is 1. The number of amides is 2. The first-order chi connectivity index (χ1) is 10.8. The molecule has 0 saturated heterocycles. The second-order valence-electron chi connectivity index (χ2n) is 5.37. The number of halogens is 3. The molecule has 8 heteroatoms. The van der Waals surface area contributed by atoms with E-state index in [1.807, 2.05) is 6.92 Å². The molecule has 0 fully saturated rings. The van der Waals surface area contributed by atoms with E-state index in [1.165, 1.54) is 6.07 Å². The lowest BCUT2D eigenvalue weighted by Crippen LogP contribution is -2.33. The van der Waals surface area contributed by atoms with Gasteiger partial charge < -0.3 is 20.5 Å². The van der Waals surface area contributed by atoms with Crippen LogP contribution in [0, 0.1) is 11.7 Å². The summed E-state index contributed by atoms with van der Waals surface area (Å²) in [5, 5.41) is 14.3. The van der Waals surface area contributed by atoms with E-state index in [9.17, 15) is 23.1 Å². The molecular formula is C15H21F3N2O3. The van der Waals surface area contributed by atoms with Crippen LogP contribution in [0.4, 0.5) is 23.7 Å². The first kappa shape index (κ1) is 19.1. The average molecular weight is 334 g/mol. The monoisotopic (exact) mass is 334 g/mol. The van der Waals surface area contributed by atoms with Gasteiger partial charge in [0.15, 0.2) is 0 Å². The van der Waals surface area contributed by atoms with Crippen molar-refractivity contribution in [3.05, 3.63) is 24.0 Å². The topological polar surface area (TPSA) is 70.6 Å². The minimum atomic E-state index is -2.71. The molecule has 0 saturated carbocycles. The van der Waals surface area contributed by atoms with Gasteiger partial charge in [-0.05, 0) is 31.4 Å². The summed E-state index contributed by atoms with van der Waals surface area (Å²) >= 11 is 0. The van der Waals surface area contributed by atoms with Crippen LogP contribution < -0.4 is 15.4 Å². The normalized spacial score (nSPS) is 13.5. The summed E-state index contributed by atoms with van der Waals surface area (Å²) in [6.45, 7) is 2.94. The third kappa shape index (κ3) is 7.73. The Morgan fingerprint density at radius 2 is 2.04 bits per heavy atom. The fourth-order valence-electron chi connectivity index (χ4n) is 1.97. The summed E-state index contributed by atoms with van der Waals surface area (Å²) in [5.74, 6) is -0.771. The maximum absolute atomic E-state index is 13.2. The van der Waals surface area contributed by atoms with Crippen LogP contribution in [0.15, 0.2) is 18.2 Å². The molecule has 0 heterocycles. The molecule has 0 aliphatic rings. The highest BCUT2D eigenvalue weighted by atomic mass is 19.3. The smallest absolute Gasteiger partial charge is 0.319 e. The molecule has 1 aromatic carbocycles. The van der Waals surface area contributed by atoms with Gasteiger partial charge in [-0.1, -0.05) is 6.92 Å². The van der Waals surface area contributed by atoms with Crippen LogP contribution in [-0.4, -0.2) is 36.8 Å². The number of urea groups is 1. The highest BCUT2D eigenvalue weighted by molar-refractivity contribution is 5.90. The van der Waals surface area contributed by atoms with Gasteiger partial charge in [0.25, 0.3) is 6.43 Å². The highest BCUT2D eigenvalue weighted by Crippen LogP contribution is 2.25. The largest absolute Gasteiger partial charge is 0.485 e. The third-order valence-electron chi connectivity index (χ3n) is 2.91. The summed E-state index contributed by atoms with van der Waals surface area (Å²) in [6.07, 6.45) is -2.65. The number of alkyl halides is 2. The molecule has 0 aromatic heterocycles. The number of aliphatic hydroxyl groups is 1. The summed E-state index contributed by atoms with van der Waals surface area (Å²) in [5.41, 5.74) is 0.0905. The molecule has 130 valence electrons. The van der Waals surface area contributed by atoms with E-state index in [4.69, 9.17) is 4.74 Å². The van der Waals surface area contributed by atoms with Crippen LogP contribution in [0.1, 0.15) is 20.3 Å². The van der Waals surface area contributed by atoms with Crippen molar-refractivity contribution in [2.24, 2.45) is 5.92 Å². The van der Waals surface area contributed by atoms with Crippen LogP contribution in [0.2, 0.25) is 0 Å². The second-order valence-corrected chi connectivity index (χ2v) is 5.37. The van der Waals surface area contributed by atoms with Crippen molar-refractivity contribution in [3.63, 3.8) is 0 Å². The van der Waals surface area contributed by atoms with Gasteiger partial charge in [0, 0.05) is 12.6 Å². The summed E-state index contributed by atoms with van der Waals surface area (Å²) in [6, 6.07) is 2.67. The third-order valence-corrected chi connectivity index (χ3v) is 2.91. The first-order valence-electron chi connectivity index (χ1n) is 7.21. The zero-order valence-corrected chi connectivity index (χ0v) is 13.0. The summed E-state index contributed by atoms with van der Waals surface area (Å²) in [7, 11) is 0. The lowest BCUT2D eigenvalue weighted by molar-refractivity contribution is 0.0821. The molecule has 2 atom stereocenters. The number of benzene rings is 1. The Bertz CT molecular complexity index is 513. The van der Waals surface area contributed by atoms with E-state index >= 15 is 0 Å². The Morgan fingerprint density at radius 1 is 1.35 bits per heavy atom. The van der Waals surface area contributed by atoms with E-state index in [0.29, 0.717) is 13.0 Å². The number of ether oxygens (including phenoxy) is 1. The number of hydrogen-bond donors (Lipinski definition) is 3. The molecule has 5 nitrogen and oxygen atoms in total. The Labute approximate surface area is 132 Å². The van der Waals surface area contributed by atoms with Crippen LogP contribution in [-0.2, 0) is 0 Å². The fraction of sp³-hybridized carbons (Fsp3) is 0.533. The molecule has 0 radical (unpaired) electrons. The van der Waals surface area contributed by atoms with Gasteiger partial charge in [-0.25, -0.2) is 18.0 Å². The molecule has 0 aliphatic carbocycles. The Hall–Kier alpha value is -1.96. The fourth-order valence-corrected chi connectivity index (χ4v) is 1.97. The lowest BCUT2D eigenvalue weighted by atomic mass is 10.1. The minimum absolute atomic E-state index is 0.0588. The van der Waals surface area contributed by atoms with Crippen LogP contribution in [0.25, 0.3) is 0 Å². The zero-order chi connectivity index (χ0) is 17.4. The number of anilines is 1. The van der Waals surface area contributed by atoms with Gasteiger partial charge in [-0.15, -0.1) is 0 Å². The number of aliphatic hydroxyl groups excluding tert-OH is 1. The maximum atomic E-state index is 13.2. The van der Waals surface area contributed by atoms with E-state index in [0.717, 1.165) is 12.1 Å². The zero-order valence-electron chi connectivity index (χ0n) is 13.0. The SMILES string of the molecule is CC(O)CC(C)CNC(=O)Nc1ccc(F)cc1OCC(F)F. The van der Waals surface area contributed by atoms with Crippen LogP contribution in [0.5, 0.6) is 5.75 Å².